The van der Waals surface area contributed by atoms with Crippen LogP contribution in [0.5, 0.6) is 0 Å². The van der Waals surface area contributed by atoms with Crippen molar-refractivity contribution >= 4 is 59.5 Å². The van der Waals surface area contributed by atoms with E-state index in [1.807, 2.05) is 47.0 Å². The molecule has 0 N–H and O–H groups in total. The number of fused-ring (bicyclic) bond motifs is 3. The lowest BCUT2D eigenvalue weighted by Crippen LogP contribution is -2.28. The van der Waals surface area contributed by atoms with E-state index in [0.29, 0.717) is 0 Å². The van der Waals surface area contributed by atoms with Gasteiger partial charge >= 0.3 is 0 Å². The second kappa shape index (κ2) is 13.0. The van der Waals surface area contributed by atoms with Crippen molar-refractivity contribution in [2.75, 3.05) is 0 Å². The first kappa shape index (κ1) is 33.1. The van der Waals surface area contributed by atoms with Crippen LogP contribution in [0.2, 0.25) is 0 Å². The van der Waals surface area contributed by atoms with Gasteiger partial charge in [0.15, 0.2) is 0 Å². The van der Waals surface area contributed by atoms with Crippen LogP contribution in [0.1, 0.15) is 112 Å². The molecule has 2 aromatic rings. The highest BCUT2D eigenvalue weighted by Crippen LogP contribution is 2.48. The summed E-state index contributed by atoms with van der Waals surface area (Å²) in [5, 5.41) is 0. The van der Waals surface area contributed by atoms with Gasteiger partial charge in [-0.25, -0.2) is 0 Å². The molecule has 4 rings (SSSR count). The topological polar surface area (TPSA) is 24.7 Å². The molecular weight excluding hydrogens is 577 g/mol. The first-order chi connectivity index (χ1) is 19.0. The van der Waals surface area contributed by atoms with Gasteiger partial charge < -0.3 is 0 Å². The summed E-state index contributed by atoms with van der Waals surface area (Å²) in [4.78, 5) is 16.0. The van der Waals surface area contributed by atoms with Gasteiger partial charge in [-0.05, 0) is 43.5 Å². The highest BCUT2D eigenvalue weighted by atomic mass is 32.2. The van der Waals surface area contributed by atoms with Crippen molar-refractivity contribution in [3.05, 3.63) is 47.5 Å². The van der Waals surface area contributed by atoms with Crippen LogP contribution < -0.4 is 0 Å². The van der Waals surface area contributed by atoms with E-state index in [1.54, 1.807) is 0 Å². The first-order valence-electron chi connectivity index (χ1n) is 15.1. The van der Waals surface area contributed by atoms with Crippen LogP contribution >= 0.6 is 47.0 Å². The van der Waals surface area contributed by atoms with Gasteiger partial charge in [0.25, 0.3) is 0 Å². The van der Waals surface area contributed by atoms with Crippen molar-refractivity contribution in [2.45, 2.75) is 152 Å². The van der Waals surface area contributed by atoms with Gasteiger partial charge in [-0.2, -0.15) is 0 Å². The third-order valence-electron chi connectivity index (χ3n) is 6.99. The van der Waals surface area contributed by atoms with Crippen LogP contribution in [0.15, 0.2) is 66.0 Å². The lowest BCUT2D eigenvalue weighted by Gasteiger charge is -2.35. The number of hydrogen-bond acceptors (Lipinski definition) is 6. The number of nitrogens with zero attached hydrogens (tertiary/aromatic N) is 2. The Morgan fingerprint density at radius 1 is 0.659 bits per heavy atom. The van der Waals surface area contributed by atoms with E-state index in [1.165, 1.54) is 43.6 Å². The normalized spacial score (nSPS) is 24.6. The molecule has 1 aliphatic carbocycles. The van der Waals surface area contributed by atoms with Crippen molar-refractivity contribution in [3.63, 3.8) is 0 Å². The molecule has 1 fully saturated rings. The van der Waals surface area contributed by atoms with Gasteiger partial charge in [0.2, 0.25) is 0 Å². The number of thioether (sulfide) groups is 4. The van der Waals surface area contributed by atoms with Crippen LogP contribution in [-0.4, -0.2) is 43.5 Å². The Balaban J connectivity index is 1.85. The van der Waals surface area contributed by atoms with Crippen LogP contribution in [0, 0.1) is 0 Å². The lowest BCUT2D eigenvalue weighted by molar-refractivity contribution is 0.390. The van der Waals surface area contributed by atoms with E-state index >= 15 is 0 Å². The summed E-state index contributed by atoms with van der Waals surface area (Å²) >= 11 is 7.93. The predicted octanol–water partition coefficient (Wildman–Crippen LogP) is 11.5. The van der Waals surface area contributed by atoms with Gasteiger partial charge in [0, 0.05) is 62.1 Å². The average Bonchev–Trinajstić information content (AvgIpc) is 2.80. The first-order valence-corrected chi connectivity index (χ1v) is 18.4. The maximum absolute atomic E-state index is 5.33. The molecule has 1 heterocycles. The van der Waals surface area contributed by atoms with E-state index in [0.717, 1.165) is 19.3 Å². The van der Waals surface area contributed by atoms with Gasteiger partial charge in [-0.3, -0.25) is 9.98 Å². The molecule has 1 saturated carbocycles. The molecule has 2 nitrogen and oxygen atoms in total. The summed E-state index contributed by atoms with van der Waals surface area (Å²) in [5.41, 5.74) is 2.57. The van der Waals surface area contributed by atoms with Crippen LogP contribution in [0.4, 0.5) is 0 Å². The maximum Gasteiger partial charge on any atom is 0.0723 e. The molecule has 6 heteroatoms. The number of hydrogen-bond donors (Lipinski definition) is 0. The van der Waals surface area contributed by atoms with E-state index in [9.17, 15) is 0 Å². The summed E-state index contributed by atoms with van der Waals surface area (Å²) in [6, 6.07) is 14.1. The smallest absolute Gasteiger partial charge is 0.0723 e. The third kappa shape index (κ3) is 9.84. The van der Waals surface area contributed by atoms with Gasteiger partial charge in [-0.1, -0.05) is 94.2 Å². The Morgan fingerprint density at radius 3 is 1.41 bits per heavy atom. The van der Waals surface area contributed by atoms with Crippen molar-refractivity contribution in [3.8, 4) is 0 Å². The van der Waals surface area contributed by atoms with E-state index in [-0.39, 0.29) is 31.1 Å². The zero-order valence-corrected chi connectivity index (χ0v) is 30.1. The molecule has 2 aromatic carbocycles. The van der Waals surface area contributed by atoms with Crippen LogP contribution in [0.25, 0.3) is 0 Å². The summed E-state index contributed by atoms with van der Waals surface area (Å²) < 4.78 is 0.351. The molecule has 0 aromatic heterocycles. The van der Waals surface area contributed by atoms with E-state index in [2.05, 4.69) is 118 Å². The second-order valence-electron chi connectivity index (χ2n) is 14.6. The Hall–Kier alpha value is -0.820. The fourth-order valence-electron chi connectivity index (χ4n) is 5.79. The molecule has 2 aliphatic rings. The summed E-state index contributed by atoms with van der Waals surface area (Å²) in [5.74, 6) is 0. The van der Waals surface area contributed by atoms with Crippen molar-refractivity contribution in [1.29, 1.82) is 0 Å². The van der Waals surface area contributed by atoms with Crippen molar-refractivity contribution < 1.29 is 0 Å². The quantitative estimate of drug-likeness (QED) is 0.310. The molecule has 0 amide bonds. The molecular formula is C35H50N2S4. The molecule has 0 bridgehead atoms. The van der Waals surface area contributed by atoms with Crippen molar-refractivity contribution in [1.82, 2.24) is 0 Å². The Kier molecular flexibility index (Phi) is 10.5. The van der Waals surface area contributed by atoms with Gasteiger partial charge in [0.1, 0.15) is 0 Å². The van der Waals surface area contributed by atoms with Crippen molar-refractivity contribution in [2.24, 2.45) is 9.98 Å². The zero-order valence-electron chi connectivity index (χ0n) is 26.8. The standard InChI is InChI=1S/C35H50N2S4/c1-32(2,3)38-28-17-13-19-30-24(28)21-36-26-15-11-12-16-27(26)37-22-25-29(39-33(4,5)6)18-14-20-31(25)41-35(9,10)23-34(7,8)40-30/h13-14,17-22,26-27H,11-12,15-16,23H2,1-10H3/b36-21+,37-22+. The molecule has 0 spiro atoms. The third-order valence-corrected chi connectivity index (χ3v) is 11.9. The molecule has 0 radical (unpaired) electrons. The fourth-order valence-corrected chi connectivity index (χ4v) is 11.1. The highest BCUT2D eigenvalue weighted by Gasteiger charge is 2.33. The average molecular weight is 627 g/mol. The Morgan fingerprint density at radius 2 is 1.05 bits per heavy atom. The fraction of sp³-hybridized carbons (Fsp3) is 0.600. The number of benzene rings is 2. The number of aliphatic imine (C=N–C) groups is 2. The highest BCUT2D eigenvalue weighted by molar-refractivity contribution is 8.02. The van der Waals surface area contributed by atoms with Crippen LogP contribution in [0.3, 0.4) is 0 Å². The van der Waals surface area contributed by atoms with Gasteiger partial charge in [-0.15, -0.1) is 47.0 Å². The summed E-state index contributed by atoms with van der Waals surface area (Å²) in [7, 11) is 0. The maximum atomic E-state index is 5.33. The molecule has 2 unspecified atom stereocenters. The van der Waals surface area contributed by atoms with E-state index in [4.69, 9.17) is 9.98 Å². The predicted molar refractivity (Wildman–Crippen MR) is 190 cm³/mol. The minimum atomic E-state index is 0.0453. The minimum absolute atomic E-state index is 0.0453. The number of rotatable bonds is 2. The molecule has 1 aliphatic heterocycles. The largest absolute Gasteiger partial charge is 0.287 e. The molecule has 224 valence electrons. The molecule has 0 saturated heterocycles. The minimum Gasteiger partial charge on any atom is -0.287 e. The Labute approximate surface area is 267 Å². The summed E-state index contributed by atoms with van der Waals surface area (Å²) in [6.07, 6.45) is 10.2. The van der Waals surface area contributed by atoms with Crippen LogP contribution in [-0.2, 0) is 0 Å². The Bertz CT molecular complexity index is 1170. The monoisotopic (exact) mass is 626 g/mol. The van der Waals surface area contributed by atoms with E-state index < -0.39 is 0 Å². The molecule has 41 heavy (non-hydrogen) atoms. The zero-order chi connectivity index (χ0) is 30.1. The summed E-state index contributed by atoms with van der Waals surface area (Å²) in [6.45, 7) is 23.4. The molecule has 2 atom stereocenters. The second-order valence-corrected chi connectivity index (χ2v) is 21.9. The SMILES string of the molecule is CC(C)(C)Sc1cccc2c1/C=N/C1CCCCC1/N=C/c1c(SC(C)(C)C)cccc1SC(C)(C)CC(C)(C)S2. The lowest BCUT2D eigenvalue weighted by atomic mass is 9.91. The van der Waals surface area contributed by atoms with Gasteiger partial charge in [0.05, 0.1) is 12.1 Å².